The van der Waals surface area contributed by atoms with Crippen molar-refractivity contribution in [2.24, 2.45) is 0 Å². The number of hydrogen-bond acceptors (Lipinski definition) is 6. The third-order valence-corrected chi connectivity index (χ3v) is 4.88. The maximum Gasteiger partial charge on any atom is 0.242 e. The first kappa shape index (κ1) is 19.3. The van der Waals surface area contributed by atoms with Crippen molar-refractivity contribution in [1.29, 1.82) is 0 Å². The Kier molecular flexibility index (Phi) is 6.39. The van der Waals surface area contributed by atoms with Crippen LogP contribution in [0, 0.1) is 0 Å². The maximum atomic E-state index is 12.3. The van der Waals surface area contributed by atoms with Gasteiger partial charge in [0, 0.05) is 43.5 Å². The van der Waals surface area contributed by atoms with E-state index in [4.69, 9.17) is 0 Å². The van der Waals surface area contributed by atoms with Gasteiger partial charge in [0.15, 0.2) is 0 Å². The lowest BCUT2D eigenvalue weighted by Gasteiger charge is -2.34. The number of nitrogens with zero attached hydrogens (tertiary/aromatic N) is 5. The molecular formula is C19H29N7O. The molecule has 0 bridgehead atoms. The molecule has 3 rings (SSSR count). The van der Waals surface area contributed by atoms with Crippen LogP contribution in [0.1, 0.15) is 33.6 Å². The first-order valence-corrected chi connectivity index (χ1v) is 9.69. The van der Waals surface area contributed by atoms with Crippen LogP contribution in [-0.2, 0) is 11.3 Å². The zero-order valence-electron chi connectivity index (χ0n) is 16.4. The van der Waals surface area contributed by atoms with Crippen molar-refractivity contribution >= 4 is 11.7 Å². The van der Waals surface area contributed by atoms with Gasteiger partial charge < -0.3 is 15.5 Å². The predicted octanol–water partition coefficient (Wildman–Crippen LogP) is 1.76. The van der Waals surface area contributed by atoms with E-state index in [1.54, 1.807) is 17.1 Å². The molecule has 1 aliphatic rings. The molecule has 1 fully saturated rings. The van der Waals surface area contributed by atoms with E-state index in [-0.39, 0.29) is 18.5 Å². The van der Waals surface area contributed by atoms with Crippen LogP contribution in [0.5, 0.6) is 0 Å². The molecule has 0 unspecified atom stereocenters. The second-order valence-electron chi connectivity index (χ2n) is 7.23. The Morgan fingerprint density at radius 2 is 2.11 bits per heavy atom. The molecule has 8 nitrogen and oxygen atoms in total. The van der Waals surface area contributed by atoms with Gasteiger partial charge in [-0.05, 0) is 45.7 Å². The molecular weight excluding hydrogens is 342 g/mol. The number of nitrogens with one attached hydrogen (secondary N) is 2. The molecule has 0 saturated carbocycles. The molecule has 1 aliphatic heterocycles. The summed E-state index contributed by atoms with van der Waals surface area (Å²) in [6.07, 6.45) is 5.53. The van der Waals surface area contributed by atoms with Crippen LogP contribution in [0.25, 0.3) is 11.3 Å². The van der Waals surface area contributed by atoms with E-state index < -0.39 is 0 Å². The van der Waals surface area contributed by atoms with Crippen LogP contribution in [0.3, 0.4) is 0 Å². The van der Waals surface area contributed by atoms with Gasteiger partial charge >= 0.3 is 0 Å². The lowest BCUT2D eigenvalue weighted by Crippen LogP contribution is -2.47. The monoisotopic (exact) mass is 371 g/mol. The second kappa shape index (κ2) is 8.94. The lowest BCUT2D eigenvalue weighted by molar-refractivity contribution is -0.122. The number of pyridine rings is 1. The summed E-state index contributed by atoms with van der Waals surface area (Å²) < 4.78 is 1.58. The van der Waals surface area contributed by atoms with Crippen LogP contribution >= 0.6 is 0 Å². The van der Waals surface area contributed by atoms with Gasteiger partial charge in [0.25, 0.3) is 0 Å². The van der Waals surface area contributed by atoms with E-state index >= 15 is 0 Å². The van der Waals surface area contributed by atoms with Gasteiger partial charge in [0.05, 0.1) is 6.20 Å². The molecule has 0 radical (unpaired) electrons. The summed E-state index contributed by atoms with van der Waals surface area (Å²) in [5.41, 5.74) is 1.66. The third kappa shape index (κ3) is 5.26. The van der Waals surface area contributed by atoms with Gasteiger partial charge in [-0.2, -0.15) is 0 Å². The van der Waals surface area contributed by atoms with E-state index in [0.717, 1.165) is 49.6 Å². The maximum absolute atomic E-state index is 12.3. The fraction of sp³-hybridized carbons (Fsp3) is 0.579. The number of piperidine rings is 1. The normalized spacial score (nSPS) is 15.9. The highest BCUT2D eigenvalue weighted by atomic mass is 16.2. The number of rotatable bonds is 7. The Hall–Kier alpha value is -2.48. The van der Waals surface area contributed by atoms with Crippen LogP contribution < -0.4 is 10.6 Å². The molecule has 0 atom stereocenters. The molecule has 0 aromatic carbocycles. The predicted molar refractivity (Wildman–Crippen MR) is 105 cm³/mol. The Balaban J connectivity index is 1.53. The fourth-order valence-electron chi connectivity index (χ4n) is 3.36. The summed E-state index contributed by atoms with van der Waals surface area (Å²) in [5, 5.41) is 14.6. The van der Waals surface area contributed by atoms with E-state index in [1.807, 2.05) is 19.1 Å². The second-order valence-corrected chi connectivity index (χ2v) is 7.23. The Labute approximate surface area is 160 Å². The van der Waals surface area contributed by atoms with Gasteiger partial charge in [-0.25, -0.2) is 9.67 Å². The number of likely N-dealkylation sites (tertiary alicyclic amines) is 1. The molecule has 2 aromatic rings. The van der Waals surface area contributed by atoms with Crippen molar-refractivity contribution in [3.63, 3.8) is 0 Å². The van der Waals surface area contributed by atoms with E-state index in [9.17, 15) is 4.79 Å². The van der Waals surface area contributed by atoms with Crippen molar-refractivity contribution < 1.29 is 4.79 Å². The summed E-state index contributed by atoms with van der Waals surface area (Å²) in [6.45, 7) is 9.51. The van der Waals surface area contributed by atoms with Crippen molar-refractivity contribution in [1.82, 2.24) is 30.2 Å². The molecule has 3 heterocycles. The number of carbonyl (C=O) groups excluding carboxylic acids is 1. The standard InChI is InChI=1S/C19H29N7O/c1-4-20-18-11-15(5-8-21-18)17-12-26(24-23-17)13-19(27)22-16-6-9-25(10-7-16)14(2)3/h5,8,11-12,14,16H,4,6-7,9-10,13H2,1-3H3,(H,20,21)(H,22,27). The molecule has 2 N–H and O–H groups in total. The Morgan fingerprint density at radius 3 is 2.81 bits per heavy atom. The van der Waals surface area contributed by atoms with Crippen molar-refractivity contribution in [3.05, 3.63) is 24.5 Å². The molecule has 1 saturated heterocycles. The summed E-state index contributed by atoms with van der Waals surface area (Å²) in [5.74, 6) is 0.785. The molecule has 0 spiro atoms. The highest BCUT2D eigenvalue weighted by Crippen LogP contribution is 2.18. The molecule has 0 aliphatic carbocycles. The first-order valence-electron chi connectivity index (χ1n) is 9.69. The Bertz CT molecular complexity index is 750. The van der Waals surface area contributed by atoms with Crippen LogP contribution in [0.15, 0.2) is 24.5 Å². The minimum atomic E-state index is -0.0162. The van der Waals surface area contributed by atoms with Crippen molar-refractivity contribution in [3.8, 4) is 11.3 Å². The molecule has 27 heavy (non-hydrogen) atoms. The van der Waals surface area contributed by atoms with Crippen LogP contribution in [-0.4, -0.2) is 62.5 Å². The van der Waals surface area contributed by atoms with Crippen LogP contribution in [0.2, 0.25) is 0 Å². The molecule has 8 heteroatoms. The topological polar surface area (TPSA) is 88.0 Å². The highest BCUT2D eigenvalue weighted by molar-refractivity contribution is 5.76. The zero-order chi connectivity index (χ0) is 19.2. The molecule has 146 valence electrons. The number of aromatic nitrogens is 4. The minimum Gasteiger partial charge on any atom is -0.370 e. The summed E-state index contributed by atoms with van der Waals surface area (Å²) in [6, 6.07) is 4.63. The number of anilines is 1. The van der Waals surface area contributed by atoms with Crippen molar-refractivity contribution in [2.75, 3.05) is 25.0 Å². The number of hydrogen-bond donors (Lipinski definition) is 2. The van der Waals surface area contributed by atoms with Gasteiger partial charge in [0.2, 0.25) is 5.91 Å². The first-order chi connectivity index (χ1) is 13.0. The van der Waals surface area contributed by atoms with E-state index in [0.29, 0.717) is 6.04 Å². The lowest BCUT2D eigenvalue weighted by atomic mass is 10.0. The van der Waals surface area contributed by atoms with Gasteiger partial charge in [-0.15, -0.1) is 5.10 Å². The fourth-order valence-corrected chi connectivity index (χ4v) is 3.36. The van der Waals surface area contributed by atoms with Gasteiger partial charge in [-0.3, -0.25) is 4.79 Å². The van der Waals surface area contributed by atoms with Crippen LogP contribution in [0.4, 0.5) is 5.82 Å². The molecule has 2 aromatic heterocycles. The largest absolute Gasteiger partial charge is 0.370 e. The minimum absolute atomic E-state index is 0.0162. The number of carbonyl (C=O) groups is 1. The SMILES string of the molecule is CCNc1cc(-c2cn(CC(=O)NC3CCN(C(C)C)CC3)nn2)ccn1. The quantitative estimate of drug-likeness (QED) is 0.771. The summed E-state index contributed by atoms with van der Waals surface area (Å²) in [4.78, 5) is 19.1. The van der Waals surface area contributed by atoms with E-state index in [2.05, 4.69) is 44.7 Å². The average molecular weight is 371 g/mol. The highest BCUT2D eigenvalue weighted by Gasteiger charge is 2.22. The van der Waals surface area contributed by atoms with Crippen molar-refractivity contribution in [2.45, 2.75) is 52.2 Å². The Morgan fingerprint density at radius 1 is 1.33 bits per heavy atom. The zero-order valence-corrected chi connectivity index (χ0v) is 16.4. The average Bonchev–Trinajstić information content (AvgIpc) is 3.11. The third-order valence-electron chi connectivity index (χ3n) is 4.88. The smallest absolute Gasteiger partial charge is 0.242 e. The molecule has 1 amide bonds. The summed E-state index contributed by atoms with van der Waals surface area (Å²) in [7, 11) is 0. The van der Waals surface area contributed by atoms with Gasteiger partial charge in [0.1, 0.15) is 18.1 Å². The number of amides is 1. The van der Waals surface area contributed by atoms with E-state index in [1.165, 1.54) is 0 Å². The van der Waals surface area contributed by atoms with Gasteiger partial charge in [-0.1, -0.05) is 5.21 Å². The summed E-state index contributed by atoms with van der Waals surface area (Å²) >= 11 is 0.